The van der Waals surface area contributed by atoms with Gasteiger partial charge in [0.05, 0.1) is 12.2 Å². The first-order chi connectivity index (χ1) is 11.5. The molecule has 0 amide bonds. The third-order valence-corrected chi connectivity index (χ3v) is 4.97. The fourth-order valence-electron chi connectivity index (χ4n) is 3.85. The number of anilines is 1. The van der Waals surface area contributed by atoms with Gasteiger partial charge in [-0.1, -0.05) is 30.3 Å². The lowest BCUT2D eigenvalue weighted by Gasteiger charge is -2.37. The van der Waals surface area contributed by atoms with Crippen LogP contribution in [0.1, 0.15) is 36.1 Å². The minimum absolute atomic E-state index is 0.298. The molecule has 3 rings (SSSR count). The van der Waals surface area contributed by atoms with E-state index in [1.165, 1.54) is 27.9 Å². The number of hydrogen-bond acceptors (Lipinski definition) is 2. The average Bonchev–Trinajstić information content (AvgIpc) is 2.54. The maximum absolute atomic E-state index is 5.87. The van der Waals surface area contributed by atoms with E-state index in [1.54, 1.807) is 0 Å². The van der Waals surface area contributed by atoms with Gasteiger partial charge in [-0.2, -0.15) is 0 Å². The summed E-state index contributed by atoms with van der Waals surface area (Å²) in [7, 11) is 0. The Morgan fingerprint density at radius 3 is 2.08 bits per heavy atom. The van der Waals surface area contributed by atoms with Crippen LogP contribution in [0.15, 0.2) is 42.5 Å². The zero-order valence-corrected chi connectivity index (χ0v) is 15.4. The molecule has 2 atom stereocenters. The monoisotopic (exact) mass is 323 g/mol. The van der Waals surface area contributed by atoms with Gasteiger partial charge in [-0.3, -0.25) is 0 Å². The smallest absolute Gasteiger partial charge is 0.0726 e. The van der Waals surface area contributed by atoms with E-state index in [4.69, 9.17) is 4.74 Å². The summed E-state index contributed by atoms with van der Waals surface area (Å²) in [6, 6.07) is 15.5. The molecule has 1 heterocycles. The summed E-state index contributed by atoms with van der Waals surface area (Å²) in [6.07, 6.45) is 2.81. The van der Waals surface area contributed by atoms with Crippen molar-refractivity contribution < 1.29 is 4.74 Å². The molecule has 2 heteroatoms. The molecule has 1 aliphatic rings. The molecule has 0 aliphatic carbocycles. The Morgan fingerprint density at radius 1 is 0.917 bits per heavy atom. The standard InChI is InChI=1S/C22H29NO/c1-16-12-21(23-14-18(3)24-19(4)15-23)13-17(2)22(16)11-10-20-8-6-5-7-9-20/h5-9,12-13,18-19H,10-11,14-15H2,1-4H3/t18-,19+. The molecule has 2 aromatic carbocycles. The molecule has 1 fully saturated rings. The number of morpholine rings is 1. The lowest BCUT2D eigenvalue weighted by Crippen LogP contribution is -2.45. The van der Waals surface area contributed by atoms with Crippen LogP contribution in [-0.4, -0.2) is 25.3 Å². The highest BCUT2D eigenvalue weighted by Crippen LogP contribution is 2.27. The third-order valence-electron chi connectivity index (χ3n) is 4.97. The Morgan fingerprint density at radius 2 is 1.50 bits per heavy atom. The van der Waals surface area contributed by atoms with Crippen molar-refractivity contribution in [3.8, 4) is 0 Å². The minimum Gasteiger partial charge on any atom is -0.372 e. The van der Waals surface area contributed by atoms with E-state index < -0.39 is 0 Å². The van der Waals surface area contributed by atoms with E-state index in [2.05, 4.69) is 75.1 Å². The quantitative estimate of drug-likeness (QED) is 0.808. The second kappa shape index (κ2) is 7.40. The topological polar surface area (TPSA) is 12.5 Å². The Hall–Kier alpha value is -1.80. The summed E-state index contributed by atoms with van der Waals surface area (Å²) in [4.78, 5) is 2.47. The van der Waals surface area contributed by atoms with Gasteiger partial charge in [0.25, 0.3) is 0 Å². The van der Waals surface area contributed by atoms with Crippen molar-refractivity contribution in [1.82, 2.24) is 0 Å². The first-order valence-corrected chi connectivity index (χ1v) is 9.07. The number of ether oxygens (including phenoxy) is 1. The van der Waals surface area contributed by atoms with E-state index in [-0.39, 0.29) is 0 Å². The van der Waals surface area contributed by atoms with Crippen LogP contribution in [0.4, 0.5) is 5.69 Å². The van der Waals surface area contributed by atoms with Crippen LogP contribution in [0, 0.1) is 13.8 Å². The average molecular weight is 323 g/mol. The lowest BCUT2D eigenvalue weighted by atomic mass is 9.95. The van der Waals surface area contributed by atoms with Gasteiger partial charge in [-0.25, -0.2) is 0 Å². The van der Waals surface area contributed by atoms with Crippen LogP contribution in [0.5, 0.6) is 0 Å². The first kappa shape index (κ1) is 17.0. The predicted octanol–water partition coefficient (Wildman–Crippen LogP) is 4.70. The van der Waals surface area contributed by atoms with Gasteiger partial charge < -0.3 is 9.64 Å². The van der Waals surface area contributed by atoms with Crippen molar-refractivity contribution in [2.24, 2.45) is 0 Å². The second-order valence-corrected chi connectivity index (χ2v) is 7.21. The van der Waals surface area contributed by atoms with Gasteiger partial charge in [0.15, 0.2) is 0 Å². The van der Waals surface area contributed by atoms with E-state index in [0.717, 1.165) is 25.9 Å². The third kappa shape index (κ3) is 3.99. The summed E-state index contributed by atoms with van der Waals surface area (Å²) >= 11 is 0. The van der Waals surface area contributed by atoms with Crippen molar-refractivity contribution in [2.75, 3.05) is 18.0 Å². The number of aryl methyl sites for hydroxylation is 3. The van der Waals surface area contributed by atoms with Crippen molar-refractivity contribution in [3.63, 3.8) is 0 Å². The second-order valence-electron chi connectivity index (χ2n) is 7.21. The maximum Gasteiger partial charge on any atom is 0.0726 e. The van der Waals surface area contributed by atoms with Crippen LogP contribution >= 0.6 is 0 Å². The highest BCUT2D eigenvalue weighted by molar-refractivity contribution is 5.54. The van der Waals surface area contributed by atoms with E-state index >= 15 is 0 Å². The molecule has 2 aromatic rings. The normalized spacial score (nSPS) is 21.1. The maximum atomic E-state index is 5.87. The fourth-order valence-corrected chi connectivity index (χ4v) is 3.85. The summed E-state index contributed by atoms with van der Waals surface area (Å²) in [5.41, 5.74) is 7.07. The SMILES string of the molecule is Cc1cc(N2C[C@@H](C)O[C@@H](C)C2)cc(C)c1CCc1ccccc1. The number of benzene rings is 2. The van der Waals surface area contributed by atoms with Gasteiger partial charge in [0.1, 0.15) is 0 Å². The molecule has 0 bridgehead atoms. The fraction of sp³-hybridized carbons (Fsp3) is 0.455. The summed E-state index contributed by atoms with van der Waals surface area (Å²) in [6.45, 7) is 10.8. The molecule has 0 N–H and O–H groups in total. The molecule has 0 unspecified atom stereocenters. The van der Waals surface area contributed by atoms with Crippen LogP contribution in [0.2, 0.25) is 0 Å². The molecule has 0 spiro atoms. The van der Waals surface area contributed by atoms with Crippen molar-refractivity contribution in [3.05, 3.63) is 64.7 Å². The van der Waals surface area contributed by atoms with Crippen LogP contribution in [0.3, 0.4) is 0 Å². The van der Waals surface area contributed by atoms with Gasteiger partial charge in [-0.05, 0) is 74.9 Å². The van der Waals surface area contributed by atoms with E-state index in [1.807, 2.05) is 0 Å². The Balaban J connectivity index is 1.76. The Labute approximate surface area is 146 Å². The molecule has 128 valence electrons. The van der Waals surface area contributed by atoms with Crippen LogP contribution < -0.4 is 4.90 Å². The van der Waals surface area contributed by atoms with Crippen molar-refractivity contribution in [2.45, 2.75) is 52.7 Å². The largest absolute Gasteiger partial charge is 0.372 e. The zero-order valence-electron chi connectivity index (χ0n) is 15.4. The lowest BCUT2D eigenvalue weighted by molar-refractivity contribution is -0.00522. The Bertz CT molecular complexity index is 647. The zero-order chi connectivity index (χ0) is 17.1. The predicted molar refractivity (Wildman–Crippen MR) is 102 cm³/mol. The highest BCUT2D eigenvalue weighted by atomic mass is 16.5. The van der Waals surface area contributed by atoms with Crippen LogP contribution in [0.25, 0.3) is 0 Å². The first-order valence-electron chi connectivity index (χ1n) is 9.07. The summed E-state index contributed by atoms with van der Waals surface area (Å²) in [5, 5.41) is 0. The number of rotatable bonds is 4. The Kier molecular flexibility index (Phi) is 5.25. The number of nitrogens with zero attached hydrogens (tertiary/aromatic N) is 1. The summed E-state index contributed by atoms with van der Waals surface area (Å²) < 4.78 is 5.87. The van der Waals surface area contributed by atoms with E-state index in [9.17, 15) is 0 Å². The molecule has 24 heavy (non-hydrogen) atoms. The number of hydrogen-bond donors (Lipinski definition) is 0. The molecular formula is C22H29NO. The van der Waals surface area contributed by atoms with E-state index in [0.29, 0.717) is 12.2 Å². The highest BCUT2D eigenvalue weighted by Gasteiger charge is 2.23. The van der Waals surface area contributed by atoms with Gasteiger partial charge in [0, 0.05) is 18.8 Å². The van der Waals surface area contributed by atoms with Gasteiger partial charge >= 0.3 is 0 Å². The molecule has 0 saturated carbocycles. The minimum atomic E-state index is 0.298. The van der Waals surface area contributed by atoms with Crippen LogP contribution in [-0.2, 0) is 17.6 Å². The van der Waals surface area contributed by atoms with Gasteiger partial charge in [-0.15, -0.1) is 0 Å². The molecule has 0 aromatic heterocycles. The van der Waals surface area contributed by atoms with Gasteiger partial charge in [0.2, 0.25) is 0 Å². The van der Waals surface area contributed by atoms with Crippen molar-refractivity contribution >= 4 is 5.69 Å². The molecule has 0 radical (unpaired) electrons. The molecular weight excluding hydrogens is 294 g/mol. The molecule has 1 aliphatic heterocycles. The molecule has 1 saturated heterocycles. The molecule has 2 nitrogen and oxygen atoms in total. The summed E-state index contributed by atoms with van der Waals surface area (Å²) in [5.74, 6) is 0. The van der Waals surface area contributed by atoms with Crippen molar-refractivity contribution in [1.29, 1.82) is 0 Å².